The highest BCUT2D eigenvalue weighted by molar-refractivity contribution is 5.85. The number of halogens is 2. The molecule has 4 aromatic carbocycles. The van der Waals surface area contributed by atoms with Crippen LogP contribution >= 0.6 is 12.4 Å². The summed E-state index contributed by atoms with van der Waals surface area (Å²) in [6.45, 7) is 5.04. The molecule has 1 aliphatic heterocycles. The Morgan fingerprint density at radius 2 is 1.56 bits per heavy atom. The predicted molar refractivity (Wildman–Crippen MR) is 184 cm³/mol. The normalized spacial score (nSPS) is 14.7. The maximum atomic E-state index is 13.2. The number of carbonyl (C=O) groups excluding carboxylic acids is 1. The van der Waals surface area contributed by atoms with Crippen LogP contribution < -0.4 is 10.1 Å². The van der Waals surface area contributed by atoms with Crippen LogP contribution in [0.4, 0.5) is 4.39 Å². The summed E-state index contributed by atoms with van der Waals surface area (Å²) >= 11 is 0. The van der Waals surface area contributed by atoms with Crippen molar-refractivity contribution in [2.45, 2.75) is 63.3 Å². The summed E-state index contributed by atoms with van der Waals surface area (Å²) in [6, 6.07) is 35.0. The van der Waals surface area contributed by atoms with Crippen LogP contribution in [0.15, 0.2) is 103 Å². The molecule has 4 aromatic rings. The Labute approximate surface area is 274 Å². The lowest BCUT2D eigenvalue weighted by atomic mass is 9.68. The molecule has 0 radical (unpaired) electrons. The number of methoxy groups -OCH3 is 1. The van der Waals surface area contributed by atoms with Crippen molar-refractivity contribution in [2.24, 2.45) is 0 Å². The number of rotatable bonds is 14. The molecule has 45 heavy (non-hydrogen) atoms. The molecule has 1 N–H and O–H groups in total. The highest BCUT2D eigenvalue weighted by Gasteiger charge is 2.34. The first-order valence-electron chi connectivity index (χ1n) is 16.0. The fourth-order valence-electron chi connectivity index (χ4n) is 6.86. The van der Waals surface area contributed by atoms with Gasteiger partial charge in [0, 0.05) is 31.0 Å². The van der Waals surface area contributed by atoms with Crippen LogP contribution in [0.5, 0.6) is 5.75 Å². The topological polar surface area (TPSA) is 41.6 Å². The van der Waals surface area contributed by atoms with Crippen LogP contribution in [0.1, 0.15) is 72.9 Å². The van der Waals surface area contributed by atoms with Gasteiger partial charge in [-0.15, -0.1) is 12.4 Å². The number of hydrogen-bond acceptors (Lipinski definition) is 3. The molecule has 1 unspecified atom stereocenters. The number of amides is 1. The van der Waals surface area contributed by atoms with Gasteiger partial charge in [0.05, 0.1) is 7.11 Å². The Bertz CT molecular complexity index is 1440. The molecule has 4 nitrogen and oxygen atoms in total. The second-order valence-electron chi connectivity index (χ2n) is 12.0. The molecular formula is C39H46ClFN2O2. The van der Waals surface area contributed by atoms with Gasteiger partial charge >= 0.3 is 0 Å². The maximum absolute atomic E-state index is 13.2. The van der Waals surface area contributed by atoms with Crippen LogP contribution in [0.25, 0.3) is 0 Å². The molecule has 0 fully saturated rings. The summed E-state index contributed by atoms with van der Waals surface area (Å²) in [7, 11) is 1.74. The minimum absolute atomic E-state index is 0. The first-order valence-corrected chi connectivity index (χ1v) is 16.0. The molecule has 1 amide bonds. The third kappa shape index (κ3) is 8.74. The largest absolute Gasteiger partial charge is 0.497 e. The summed E-state index contributed by atoms with van der Waals surface area (Å²) in [5.41, 5.74) is 6.28. The number of hydrogen-bond donors (Lipinski definition) is 1. The van der Waals surface area contributed by atoms with E-state index in [0.29, 0.717) is 25.4 Å². The van der Waals surface area contributed by atoms with Gasteiger partial charge < -0.3 is 10.1 Å². The second kappa shape index (κ2) is 16.6. The molecule has 0 saturated carbocycles. The minimum Gasteiger partial charge on any atom is -0.497 e. The molecule has 0 aromatic heterocycles. The van der Waals surface area contributed by atoms with Crippen molar-refractivity contribution in [1.29, 1.82) is 0 Å². The van der Waals surface area contributed by atoms with Crippen molar-refractivity contribution in [3.8, 4) is 5.75 Å². The highest BCUT2D eigenvalue weighted by Crippen LogP contribution is 2.41. The van der Waals surface area contributed by atoms with E-state index in [1.807, 2.05) is 0 Å². The molecule has 5 rings (SSSR count). The predicted octanol–water partition coefficient (Wildman–Crippen LogP) is 8.47. The maximum Gasteiger partial charge on any atom is 0.220 e. The van der Waals surface area contributed by atoms with E-state index in [-0.39, 0.29) is 29.5 Å². The highest BCUT2D eigenvalue weighted by atomic mass is 35.5. The average Bonchev–Trinajstić information content (AvgIpc) is 3.07. The van der Waals surface area contributed by atoms with Gasteiger partial charge in [-0.05, 0) is 104 Å². The van der Waals surface area contributed by atoms with E-state index in [2.05, 4.69) is 96.0 Å². The van der Waals surface area contributed by atoms with E-state index in [9.17, 15) is 9.18 Å². The first-order chi connectivity index (χ1) is 21.5. The number of aryl methyl sites for hydroxylation is 1. The Morgan fingerprint density at radius 1 is 0.911 bits per heavy atom. The van der Waals surface area contributed by atoms with E-state index in [1.54, 1.807) is 19.2 Å². The second-order valence-corrected chi connectivity index (χ2v) is 12.0. The van der Waals surface area contributed by atoms with Crippen LogP contribution in [-0.2, 0) is 23.1 Å². The van der Waals surface area contributed by atoms with Gasteiger partial charge in [-0.2, -0.15) is 0 Å². The molecule has 1 atom stereocenters. The lowest BCUT2D eigenvalue weighted by Gasteiger charge is -2.39. The van der Waals surface area contributed by atoms with E-state index in [4.69, 9.17) is 4.74 Å². The molecule has 1 heterocycles. The van der Waals surface area contributed by atoms with E-state index < -0.39 is 0 Å². The van der Waals surface area contributed by atoms with E-state index >= 15 is 0 Å². The van der Waals surface area contributed by atoms with Crippen molar-refractivity contribution in [3.63, 3.8) is 0 Å². The number of nitrogens with zero attached hydrogens (tertiary/aromatic N) is 1. The van der Waals surface area contributed by atoms with Gasteiger partial charge in [-0.1, -0.05) is 78.9 Å². The number of ether oxygens (including phenoxy) is 1. The summed E-state index contributed by atoms with van der Waals surface area (Å²) < 4.78 is 18.7. The van der Waals surface area contributed by atoms with Gasteiger partial charge in [-0.3, -0.25) is 9.69 Å². The summed E-state index contributed by atoms with van der Waals surface area (Å²) in [5, 5.41) is 3.14. The zero-order chi connectivity index (χ0) is 30.8. The van der Waals surface area contributed by atoms with Gasteiger partial charge in [0.2, 0.25) is 5.91 Å². The fraction of sp³-hybridized carbons (Fsp3) is 0.359. The van der Waals surface area contributed by atoms with Gasteiger partial charge in [0.1, 0.15) is 11.6 Å². The quantitative estimate of drug-likeness (QED) is 0.142. The third-order valence-corrected chi connectivity index (χ3v) is 9.38. The summed E-state index contributed by atoms with van der Waals surface area (Å²) in [5.74, 6) is 0.706. The van der Waals surface area contributed by atoms with Crippen LogP contribution in [0.2, 0.25) is 0 Å². The summed E-state index contributed by atoms with van der Waals surface area (Å²) in [4.78, 5) is 15.3. The average molecular weight is 629 g/mol. The Hall–Kier alpha value is -3.67. The Balaban J connectivity index is 0.00000461. The van der Waals surface area contributed by atoms with Crippen molar-refractivity contribution >= 4 is 18.3 Å². The fourth-order valence-corrected chi connectivity index (χ4v) is 6.86. The molecule has 1 aliphatic rings. The molecule has 6 heteroatoms. The lowest BCUT2D eigenvalue weighted by Crippen LogP contribution is -2.36. The van der Waals surface area contributed by atoms with Gasteiger partial charge in [0.15, 0.2) is 0 Å². The van der Waals surface area contributed by atoms with Crippen molar-refractivity contribution < 1.29 is 13.9 Å². The molecule has 0 bridgehead atoms. The van der Waals surface area contributed by atoms with Crippen molar-refractivity contribution in [1.82, 2.24) is 10.2 Å². The third-order valence-electron chi connectivity index (χ3n) is 9.38. The summed E-state index contributed by atoms with van der Waals surface area (Å²) in [6.07, 6.45) is 5.97. The zero-order valence-corrected chi connectivity index (χ0v) is 27.3. The molecule has 0 saturated heterocycles. The van der Waals surface area contributed by atoms with Crippen LogP contribution in [-0.4, -0.2) is 37.6 Å². The standard InChI is InChI=1S/C39H45FN2O2.ClH/c1-30-37-29-36(44-2)21-18-32(37)23-28-42(30)27-10-25-39(33-11-5-3-6-12-33,34-13-7-4-8-14-34)24-9-26-41-38(43)22-17-31-15-19-35(40)20-16-31;/h3-8,11-16,18-21,29-30H,9-10,17,22-28H2,1-2H3,(H,41,43);1H. The molecule has 0 aliphatic carbocycles. The first kappa shape index (κ1) is 34.2. The number of benzene rings is 4. The number of carbonyl (C=O) groups is 1. The molecular weight excluding hydrogens is 583 g/mol. The van der Waals surface area contributed by atoms with Crippen LogP contribution in [0, 0.1) is 5.82 Å². The Morgan fingerprint density at radius 3 is 2.20 bits per heavy atom. The zero-order valence-electron chi connectivity index (χ0n) is 26.5. The van der Waals surface area contributed by atoms with Crippen LogP contribution in [0.3, 0.4) is 0 Å². The smallest absolute Gasteiger partial charge is 0.220 e. The van der Waals surface area contributed by atoms with E-state index in [0.717, 1.165) is 56.5 Å². The van der Waals surface area contributed by atoms with Gasteiger partial charge in [0.25, 0.3) is 0 Å². The minimum atomic E-state index is -0.255. The van der Waals surface area contributed by atoms with Crippen molar-refractivity contribution in [2.75, 3.05) is 26.7 Å². The molecule has 238 valence electrons. The Kier molecular flexibility index (Phi) is 12.6. The van der Waals surface area contributed by atoms with E-state index in [1.165, 1.54) is 34.4 Å². The van der Waals surface area contributed by atoms with Gasteiger partial charge in [-0.25, -0.2) is 4.39 Å². The monoisotopic (exact) mass is 628 g/mol. The SMILES string of the molecule is COc1ccc2c(c1)C(C)N(CCCC(CCCNC(=O)CCc1ccc(F)cc1)(c1ccccc1)c1ccccc1)CC2.Cl. The van der Waals surface area contributed by atoms with Crippen molar-refractivity contribution in [3.05, 3.63) is 137 Å². The number of nitrogens with one attached hydrogen (secondary N) is 1. The number of fused-ring (bicyclic) bond motifs is 1. The lowest BCUT2D eigenvalue weighted by molar-refractivity contribution is -0.121. The molecule has 0 spiro atoms.